The van der Waals surface area contributed by atoms with E-state index in [-0.39, 0.29) is 11.8 Å². The third-order valence-electron chi connectivity index (χ3n) is 4.49. The minimum absolute atomic E-state index is 0.0866. The number of anilines is 1. The fourth-order valence-electron chi connectivity index (χ4n) is 3.00. The minimum atomic E-state index is -0.125. The Morgan fingerprint density at radius 3 is 2.58 bits per heavy atom. The molecule has 0 saturated heterocycles. The highest BCUT2D eigenvalue weighted by Crippen LogP contribution is 2.25. The molecule has 0 aliphatic rings. The van der Waals surface area contributed by atoms with Gasteiger partial charge in [0.15, 0.2) is 5.82 Å². The topological polar surface area (TPSA) is 88.9 Å². The Morgan fingerprint density at radius 2 is 1.84 bits per heavy atom. The summed E-state index contributed by atoms with van der Waals surface area (Å²) in [7, 11) is 0. The number of carbonyl (C=O) groups excluding carboxylic acids is 2. The Bertz CT molecular complexity index is 1050. The molecule has 9 heteroatoms. The van der Waals surface area contributed by atoms with Crippen LogP contribution >= 0.6 is 23.2 Å². The highest BCUT2D eigenvalue weighted by Gasteiger charge is 2.14. The number of hydrogen-bond acceptors (Lipinski definition) is 4. The number of hydrogen-bond donors (Lipinski definition) is 2. The summed E-state index contributed by atoms with van der Waals surface area (Å²) in [6, 6.07) is 12.4. The normalized spacial score (nSPS) is 10.7. The zero-order valence-electron chi connectivity index (χ0n) is 17.1. The zero-order valence-corrected chi connectivity index (χ0v) is 18.6. The lowest BCUT2D eigenvalue weighted by atomic mass is 10.1. The molecular weight excluding hydrogens is 437 g/mol. The summed E-state index contributed by atoms with van der Waals surface area (Å²) in [5.41, 5.74) is 1.36. The quantitative estimate of drug-likeness (QED) is 0.449. The zero-order chi connectivity index (χ0) is 22.2. The fraction of sp³-hybridized carbons (Fsp3) is 0.273. The molecule has 7 nitrogen and oxygen atoms in total. The van der Waals surface area contributed by atoms with Crippen molar-refractivity contribution in [1.29, 1.82) is 0 Å². The number of amides is 2. The number of carbonyl (C=O) groups is 2. The van der Waals surface area contributed by atoms with Crippen LogP contribution in [0.1, 0.15) is 41.7 Å². The van der Waals surface area contributed by atoms with Crippen LogP contribution in [0.5, 0.6) is 0 Å². The van der Waals surface area contributed by atoms with Crippen LogP contribution in [0.15, 0.2) is 48.7 Å². The summed E-state index contributed by atoms with van der Waals surface area (Å²) in [5.74, 6) is 0.675. The van der Waals surface area contributed by atoms with E-state index in [9.17, 15) is 9.59 Å². The summed E-state index contributed by atoms with van der Waals surface area (Å²) in [4.78, 5) is 28.6. The lowest BCUT2D eigenvalue weighted by Gasteiger charge is -2.10. The van der Waals surface area contributed by atoms with Crippen LogP contribution in [0.3, 0.4) is 0 Å². The van der Waals surface area contributed by atoms with E-state index in [1.54, 1.807) is 24.3 Å². The van der Waals surface area contributed by atoms with Crippen molar-refractivity contribution in [3.8, 4) is 5.82 Å². The number of aromatic nitrogens is 3. The number of unbranched alkanes of at least 4 members (excludes halogenated alkanes) is 2. The Labute approximate surface area is 190 Å². The van der Waals surface area contributed by atoms with Gasteiger partial charge in [-0.3, -0.25) is 9.59 Å². The molecule has 0 radical (unpaired) electrons. The van der Waals surface area contributed by atoms with Gasteiger partial charge in [-0.25, -0.2) is 4.98 Å². The second-order valence-corrected chi connectivity index (χ2v) is 7.87. The average Bonchev–Trinajstić information content (AvgIpc) is 3.10. The average molecular weight is 460 g/mol. The van der Waals surface area contributed by atoms with E-state index < -0.39 is 0 Å². The lowest BCUT2D eigenvalue weighted by Crippen LogP contribution is -2.24. The van der Waals surface area contributed by atoms with Crippen molar-refractivity contribution in [3.05, 3.63) is 70.0 Å². The highest BCUT2D eigenvalue weighted by atomic mass is 35.5. The van der Waals surface area contributed by atoms with Crippen LogP contribution < -0.4 is 10.6 Å². The predicted molar refractivity (Wildman–Crippen MR) is 122 cm³/mol. The molecule has 1 aromatic carbocycles. The van der Waals surface area contributed by atoms with Gasteiger partial charge in [-0.05, 0) is 38.0 Å². The molecule has 0 fully saturated rings. The third kappa shape index (κ3) is 6.54. The Balaban J connectivity index is 1.44. The summed E-state index contributed by atoms with van der Waals surface area (Å²) < 4.78 is 1.49. The SMILES string of the molecule is Cc1cc(NC(=O)CCCCCNC(=O)c2ccccc2)n(-c2ncc(Cl)cc2Cl)n1. The Morgan fingerprint density at radius 1 is 1.06 bits per heavy atom. The number of pyridine rings is 1. The fourth-order valence-corrected chi connectivity index (χ4v) is 3.46. The largest absolute Gasteiger partial charge is 0.352 e. The molecule has 162 valence electrons. The molecule has 0 spiro atoms. The van der Waals surface area contributed by atoms with Crippen molar-refractivity contribution in [1.82, 2.24) is 20.1 Å². The minimum Gasteiger partial charge on any atom is -0.352 e. The van der Waals surface area contributed by atoms with E-state index in [2.05, 4.69) is 20.7 Å². The smallest absolute Gasteiger partial charge is 0.251 e. The first-order valence-electron chi connectivity index (χ1n) is 9.95. The van der Waals surface area contributed by atoms with E-state index in [0.29, 0.717) is 46.6 Å². The predicted octanol–water partition coefficient (Wildman–Crippen LogP) is 4.81. The molecule has 0 aliphatic carbocycles. The third-order valence-corrected chi connectivity index (χ3v) is 4.98. The summed E-state index contributed by atoms with van der Waals surface area (Å²) in [5, 5.41) is 10.9. The van der Waals surface area contributed by atoms with Crippen LogP contribution in [0.25, 0.3) is 5.82 Å². The molecule has 31 heavy (non-hydrogen) atoms. The maximum Gasteiger partial charge on any atom is 0.251 e. The van der Waals surface area contributed by atoms with Gasteiger partial charge in [0.2, 0.25) is 5.91 Å². The van der Waals surface area contributed by atoms with Crippen molar-refractivity contribution in [3.63, 3.8) is 0 Å². The number of rotatable bonds is 9. The standard InChI is InChI=1S/C22H23Cl2N5O2/c1-15-12-19(29(28-15)21-18(24)13-17(23)14-26-21)27-20(30)10-6-3-7-11-25-22(31)16-8-4-2-5-9-16/h2,4-5,8-9,12-14H,3,6-7,10-11H2,1H3,(H,25,31)(H,27,30). The van der Waals surface area contributed by atoms with Crippen LogP contribution in [0.2, 0.25) is 10.0 Å². The number of aryl methyl sites for hydroxylation is 1. The van der Waals surface area contributed by atoms with E-state index >= 15 is 0 Å². The van der Waals surface area contributed by atoms with Crippen LogP contribution in [-0.4, -0.2) is 33.1 Å². The molecule has 0 unspecified atom stereocenters. The van der Waals surface area contributed by atoms with Gasteiger partial charge in [0.1, 0.15) is 5.82 Å². The van der Waals surface area contributed by atoms with Gasteiger partial charge in [0.05, 0.1) is 15.7 Å². The van der Waals surface area contributed by atoms with Crippen molar-refractivity contribution < 1.29 is 9.59 Å². The van der Waals surface area contributed by atoms with Crippen molar-refractivity contribution >= 4 is 40.8 Å². The molecule has 0 atom stereocenters. The number of halogens is 2. The molecule has 0 bridgehead atoms. The molecule has 2 aromatic heterocycles. The first-order chi connectivity index (χ1) is 14.9. The van der Waals surface area contributed by atoms with Crippen LogP contribution in [0, 0.1) is 6.92 Å². The maximum atomic E-state index is 12.4. The first-order valence-corrected chi connectivity index (χ1v) is 10.7. The van der Waals surface area contributed by atoms with Gasteiger partial charge in [-0.1, -0.05) is 47.8 Å². The molecule has 0 saturated carbocycles. The molecule has 2 N–H and O–H groups in total. The van der Waals surface area contributed by atoms with Crippen molar-refractivity contribution in [2.24, 2.45) is 0 Å². The molecule has 2 heterocycles. The number of nitrogens with one attached hydrogen (secondary N) is 2. The van der Waals surface area contributed by atoms with Gasteiger partial charge >= 0.3 is 0 Å². The monoisotopic (exact) mass is 459 g/mol. The van der Waals surface area contributed by atoms with E-state index in [1.165, 1.54) is 10.9 Å². The van der Waals surface area contributed by atoms with Crippen molar-refractivity contribution in [2.75, 3.05) is 11.9 Å². The van der Waals surface area contributed by atoms with E-state index in [0.717, 1.165) is 18.5 Å². The van der Waals surface area contributed by atoms with Gasteiger partial charge < -0.3 is 10.6 Å². The van der Waals surface area contributed by atoms with Crippen LogP contribution in [-0.2, 0) is 4.79 Å². The summed E-state index contributed by atoms with van der Waals surface area (Å²) in [6.45, 7) is 2.39. The molecule has 3 rings (SSSR count). The van der Waals surface area contributed by atoms with E-state index in [4.69, 9.17) is 23.2 Å². The first kappa shape index (κ1) is 22.8. The second kappa shape index (κ2) is 10.9. The molecular formula is C22H23Cl2N5O2. The van der Waals surface area contributed by atoms with Gasteiger partial charge in [-0.2, -0.15) is 9.78 Å². The molecule has 0 aliphatic heterocycles. The van der Waals surface area contributed by atoms with Gasteiger partial charge in [0, 0.05) is 30.8 Å². The number of benzene rings is 1. The van der Waals surface area contributed by atoms with Crippen LogP contribution in [0.4, 0.5) is 5.82 Å². The summed E-state index contributed by atoms with van der Waals surface area (Å²) >= 11 is 12.1. The molecule has 3 aromatic rings. The van der Waals surface area contributed by atoms with E-state index in [1.807, 2.05) is 25.1 Å². The Hall–Kier alpha value is -2.90. The van der Waals surface area contributed by atoms with Gasteiger partial charge in [-0.15, -0.1) is 0 Å². The number of nitrogens with zero attached hydrogens (tertiary/aromatic N) is 3. The van der Waals surface area contributed by atoms with Crippen molar-refractivity contribution in [2.45, 2.75) is 32.6 Å². The Kier molecular flexibility index (Phi) is 8.03. The maximum absolute atomic E-state index is 12.4. The summed E-state index contributed by atoms with van der Waals surface area (Å²) in [6.07, 6.45) is 4.17. The second-order valence-electron chi connectivity index (χ2n) is 7.02. The highest BCUT2D eigenvalue weighted by molar-refractivity contribution is 6.35. The lowest BCUT2D eigenvalue weighted by molar-refractivity contribution is -0.116. The molecule has 2 amide bonds. The van der Waals surface area contributed by atoms with Gasteiger partial charge in [0.25, 0.3) is 5.91 Å².